The molecular formula is C24H29N3O4S. The van der Waals surface area contributed by atoms with E-state index >= 15 is 0 Å². The van der Waals surface area contributed by atoms with Gasteiger partial charge in [0.15, 0.2) is 11.5 Å². The molecule has 0 atom stereocenters. The SMILES string of the molecule is CCN(CC)CCNC(=O)c1ccc2c(c1)NC(=O)/C(=C/c1ccc(OC)c(OC)c1)S2. The molecule has 8 heteroatoms. The highest BCUT2D eigenvalue weighted by atomic mass is 32.2. The number of likely N-dealkylation sites (N-methyl/N-ethyl adjacent to an activating group) is 1. The molecule has 1 aliphatic rings. The zero-order valence-electron chi connectivity index (χ0n) is 18.9. The molecule has 0 radical (unpaired) electrons. The number of carbonyl (C=O) groups is 2. The van der Waals surface area contributed by atoms with Crippen molar-refractivity contribution in [1.82, 2.24) is 10.2 Å². The Morgan fingerprint density at radius 2 is 1.84 bits per heavy atom. The molecule has 0 aromatic heterocycles. The average Bonchev–Trinajstić information content (AvgIpc) is 2.81. The minimum absolute atomic E-state index is 0.147. The quantitative estimate of drug-likeness (QED) is 0.559. The van der Waals surface area contributed by atoms with Crippen molar-refractivity contribution in [2.45, 2.75) is 18.7 Å². The maximum absolute atomic E-state index is 12.7. The highest BCUT2D eigenvalue weighted by Crippen LogP contribution is 2.40. The monoisotopic (exact) mass is 455 g/mol. The van der Waals surface area contributed by atoms with E-state index in [1.165, 1.54) is 11.8 Å². The van der Waals surface area contributed by atoms with Gasteiger partial charge in [0.25, 0.3) is 11.8 Å². The number of amides is 2. The molecule has 0 fully saturated rings. The van der Waals surface area contributed by atoms with Crippen LogP contribution in [-0.2, 0) is 4.79 Å². The van der Waals surface area contributed by atoms with Crippen LogP contribution in [0.3, 0.4) is 0 Å². The Bertz CT molecular complexity index is 1020. The fourth-order valence-corrected chi connectivity index (χ4v) is 4.30. The second kappa shape index (κ2) is 11.1. The third kappa shape index (κ3) is 5.63. The Morgan fingerprint density at radius 1 is 1.09 bits per heavy atom. The van der Waals surface area contributed by atoms with Crippen LogP contribution in [0.2, 0.25) is 0 Å². The van der Waals surface area contributed by atoms with Crippen LogP contribution in [-0.4, -0.2) is 57.1 Å². The summed E-state index contributed by atoms with van der Waals surface area (Å²) in [7, 11) is 3.15. The lowest BCUT2D eigenvalue weighted by Gasteiger charge is -2.20. The summed E-state index contributed by atoms with van der Waals surface area (Å²) in [4.78, 5) is 28.9. The fourth-order valence-electron chi connectivity index (χ4n) is 3.37. The van der Waals surface area contributed by atoms with Crippen molar-refractivity contribution in [3.63, 3.8) is 0 Å². The fraction of sp³-hybridized carbons (Fsp3) is 0.333. The average molecular weight is 456 g/mol. The number of benzene rings is 2. The molecule has 2 N–H and O–H groups in total. The topological polar surface area (TPSA) is 79.9 Å². The molecule has 0 bridgehead atoms. The highest BCUT2D eigenvalue weighted by molar-refractivity contribution is 8.04. The standard InChI is InChI=1S/C24H29N3O4S/c1-5-27(6-2)12-11-25-23(28)17-8-10-21-18(15-17)26-24(29)22(32-21)14-16-7-9-19(30-3)20(13-16)31-4/h7-10,13-15H,5-6,11-12H2,1-4H3,(H,25,28)(H,26,29)/b22-14-. The van der Waals surface area contributed by atoms with Gasteiger partial charge in [0, 0.05) is 23.5 Å². The van der Waals surface area contributed by atoms with Gasteiger partial charge in [-0.15, -0.1) is 0 Å². The number of hydrogen-bond acceptors (Lipinski definition) is 6. The van der Waals surface area contributed by atoms with Crippen molar-refractivity contribution in [3.8, 4) is 11.5 Å². The molecule has 2 aromatic rings. The van der Waals surface area contributed by atoms with Gasteiger partial charge < -0.3 is 25.0 Å². The van der Waals surface area contributed by atoms with Gasteiger partial charge in [-0.3, -0.25) is 9.59 Å². The Morgan fingerprint density at radius 3 is 2.53 bits per heavy atom. The van der Waals surface area contributed by atoms with Gasteiger partial charge in [0.2, 0.25) is 0 Å². The summed E-state index contributed by atoms with van der Waals surface area (Å²) in [6, 6.07) is 10.9. The molecule has 1 aliphatic heterocycles. The molecule has 0 spiro atoms. The van der Waals surface area contributed by atoms with Crippen molar-refractivity contribution >= 4 is 35.3 Å². The van der Waals surface area contributed by atoms with Crippen LogP contribution in [0.1, 0.15) is 29.8 Å². The number of nitrogens with zero attached hydrogens (tertiary/aromatic N) is 1. The molecule has 2 amide bonds. The second-order valence-corrected chi connectivity index (χ2v) is 8.26. The van der Waals surface area contributed by atoms with Crippen molar-refractivity contribution in [2.24, 2.45) is 0 Å². The first-order chi connectivity index (χ1) is 15.5. The van der Waals surface area contributed by atoms with Gasteiger partial charge in [0.1, 0.15) is 0 Å². The van der Waals surface area contributed by atoms with Crippen molar-refractivity contribution in [2.75, 3.05) is 45.7 Å². The van der Waals surface area contributed by atoms with E-state index in [0.29, 0.717) is 34.2 Å². The second-order valence-electron chi connectivity index (χ2n) is 7.17. The van der Waals surface area contributed by atoms with Crippen molar-refractivity contribution < 1.29 is 19.1 Å². The van der Waals surface area contributed by atoms with E-state index in [1.807, 2.05) is 18.2 Å². The van der Waals surface area contributed by atoms with Gasteiger partial charge in [-0.25, -0.2) is 0 Å². The van der Waals surface area contributed by atoms with Crippen LogP contribution in [0.4, 0.5) is 5.69 Å². The van der Waals surface area contributed by atoms with E-state index in [0.717, 1.165) is 30.1 Å². The molecule has 170 valence electrons. The Hall–Kier alpha value is -2.97. The molecule has 0 aliphatic carbocycles. The molecule has 2 aromatic carbocycles. The van der Waals surface area contributed by atoms with Gasteiger partial charge in [0.05, 0.1) is 24.8 Å². The molecule has 0 saturated carbocycles. The molecule has 3 rings (SSSR count). The molecule has 1 heterocycles. The largest absolute Gasteiger partial charge is 0.493 e. The van der Waals surface area contributed by atoms with E-state index < -0.39 is 0 Å². The Kier molecular flexibility index (Phi) is 8.19. The van der Waals surface area contributed by atoms with Crippen LogP contribution in [0, 0.1) is 0 Å². The Balaban J connectivity index is 1.71. The van der Waals surface area contributed by atoms with Crippen LogP contribution in [0.15, 0.2) is 46.2 Å². The van der Waals surface area contributed by atoms with Crippen molar-refractivity contribution in [1.29, 1.82) is 0 Å². The van der Waals surface area contributed by atoms with Gasteiger partial charge in [-0.2, -0.15) is 0 Å². The lowest BCUT2D eigenvalue weighted by molar-refractivity contribution is -0.112. The van der Waals surface area contributed by atoms with Crippen molar-refractivity contribution in [3.05, 3.63) is 52.4 Å². The van der Waals surface area contributed by atoms with Gasteiger partial charge >= 0.3 is 0 Å². The minimum Gasteiger partial charge on any atom is -0.493 e. The molecule has 0 saturated heterocycles. The number of rotatable bonds is 9. The molecule has 0 unspecified atom stereocenters. The lowest BCUT2D eigenvalue weighted by Crippen LogP contribution is -2.34. The first-order valence-corrected chi connectivity index (χ1v) is 11.4. The summed E-state index contributed by atoms with van der Waals surface area (Å²) in [6.45, 7) is 7.49. The number of thioether (sulfide) groups is 1. The van der Waals surface area contributed by atoms with E-state index in [4.69, 9.17) is 9.47 Å². The van der Waals surface area contributed by atoms with Crippen LogP contribution >= 0.6 is 11.8 Å². The van der Waals surface area contributed by atoms with E-state index in [-0.39, 0.29) is 11.8 Å². The molecular weight excluding hydrogens is 426 g/mol. The van der Waals surface area contributed by atoms with Gasteiger partial charge in [-0.05, 0) is 55.1 Å². The van der Waals surface area contributed by atoms with Crippen LogP contribution < -0.4 is 20.1 Å². The van der Waals surface area contributed by atoms with E-state index in [9.17, 15) is 9.59 Å². The first-order valence-electron chi connectivity index (χ1n) is 10.6. The summed E-state index contributed by atoms with van der Waals surface area (Å²) in [5, 5.41) is 5.84. The number of anilines is 1. The van der Waals surface area contributed by atoms with Crippen LogP contribution in [0.25, 0.3) is 6.08 Å². The predicted octanol–water partition coefficient (Wildman–Crippen LogP) is 3.86. The molecule has 32 heavy (non-hydrogen) atoms. The predicted molar refractivity (Wildman–Crippen MR) is 129 cm³/mol. The number of ether oxygens (including phenoxy) is 2. The summed E-state index contributed by atoms with van der Waals surface area (Å²) in [6.07, 6.45) is 1.80. The smallest absolute Gasteiger partial charge is 0.262 e. The number of methoxy groups -OCH3 is 2. The third-order valence-electron chi connectivity index (χ3n) is 5.25. The summed E-state index contributed by atoms with van der Waals surface area (Å²) in [5.41, 5.74) is 1.99. The summed E-state index contributed by atoms with van der Waals surface area (Å²) < 4.78 is 10.6. The zero-order valence-corrected chi connectivity index (χ0v) is 19.7. The lowest BCUT2D eigenvalue weighted by atomic mass is 10.1. The Labute approximate surface area is 193 Å². The first kappa shape index (κ1) is 23.7. The zero-order chi connectivity index (χ0) is 23.1. The number of fused-ring (bicyclic) bond motifs is 1. The highest BCUT2D eigenvalue weighted by Gasteiger charge is 2.22. The number of hydrogen-bond donors (Lipinski definition) is 2. The summed E-state index contributed by atoms with van der Waals surface area (Å²) >= 11 is 1.37. The normalized spacial score (nSPS) is 14.2. The summed E-state index contributed by atoms with van der Waals surface area (Å²) in [5.74, 6) is 0.867. The van der Waals surface area contributed by atoms with Crippen LogP contribution in [0.5, 0.6) is 11.5 Å². The van der Waals surface area contributed by atoms with E-state index in [2.05, 4.69) is 29.4 Å². The maximum atomic E-state index is 12.7. The minimum atomic E-state index is -0.212. The van der Waals surface area contributed by atoms with Gasteiger partial charge in [-0.1, -0.05) is 31.7 Å². The third-order valence-corrected chi connectivity index (χ3v) is 6.35. The number of carbonyl (C=O) groups excluding carboxylic acids is 2. The molecule has 7 nitrogen and oxygen atoms in total. The van der Waals surface area contributed by atoms with E-state index in [1.54, 1.807) is 38.5 Å². The maximum Gasteiger partial charge on any atom is 0.262 e. The number of nitrogens with one attached hydrogen (secondary N) is 2.